The van der Waals surface area contributed by atoms with Gasteiger partial charge in [-0.1, -0.05) is 40.2 Å². The Hall–Kier alpha value is -3.10. The Kier molecular flexibility index (Phi) is 6.62. The molecule has 1 aliphatic heterocycles. The molecule has 0 N–H and O–H groups in total. The molecule has 1 aliphatic rings. The highest BCUT2D eigenvalue weighted by molar-refractivity contribution is 9.10. The highest BCUT2D eigenvalue weighted by Gasteiger charge is 2.37. The molecular weight excluding hydrogens is 497 g/mol. The van der Waals surface area contributed by atoms with E-state index in [2.05, 4.69) is 15.9 Å². The fourth-order valence-corrected chi connectivity index (χ4v) is 4.39. The normalized spacial score (nSPS) is 14.8. The molecule has 1 fully saturated rings. The molecule has 162 valence electrons. The number of imide groups is 1. The van der Waals surface area contributed by atoms with Crippen LogP contribution in [0.2, 0.25) is 0 Å². The van der Waals surface area contributed by atoms with Gasteiger partial charge >= 0.3 is 0 Å². The lowest BCUT2D eigenvalue weighted by Crippen LogP contribution is -2.28. The minimum absolute atomic E-state index is 0.156. The Morgan fingerprint density at radius 3 is 2.62 bits per heavy atom. The fraction of sp³-hybridized carbons (Fsp3) is 0.0833. The molecule has 0 atom stereocenters. The molecule has 0 unspecified atom stereocenters. The maximum absolute atomic E-state index is 13.4. The van der Waals surface area contributed by atoms with Crippen LogP contribution in [0.15, 0.2) is 76.1 Å². The first-order valence-electron chi connectivity index (χ1n) is 9.54. The Morgan fingerprint density at radius 1 is 1.03 bits per heavy atom. The molecule has 3 aromatic rings. The van der Waals surface area contributed by atoms with Crippen LogP contribution in [0.4, 0.5) is 14.9 Å². The molecule has 0 bridgehead atoms. The van der Waals surface area contributed by atoms with E-state index in [1.807, 2.05) is 0 Å². The topological polar surface area (TPSA) is 55.8 Å². The van der Waals surface area contributed by atoms with Gasteiger partial charge < -0.3 is 9.47 Å². The number of halogens is 2. The Labute approximate surface area is 197 Å². The van der Waals surface area contributed by atoms with Gasteiger partial charge in [-0.2, -0.15) is 0 Å². The molecule has 0 spiro atoms. The van der Waals surface area contributed by atoms with Gasteiger partial charge in [0.2, 0.25) is 0 Å². The average Bonchev–Trinajstić information content (AvgIpc) is 3.06. The van der Waals surface area contributed by atoms with Gasteiger partial charge in [0.05, 0.1) is 17.7 Å². The van der Waals surface area contributed by atoms with Crippen molar-refractivity contribution in [3.8, 4) is 11.5 Å². The van der Waals surface area contributed by atoms with E-state index >= 15 is 0 Å². The molecule has 8 heteroatoms. The molecule has 0 saturated carbocycles. The van der Waals surface area contributed by atoms with E-state index in [1.54, 1.807) is 60.7 Å². The number of ether oxygens (including phenoxy) is 2. The van der Waals surface area contributed by atoms with Crippen molar-refractivity contribution in [2.24, 2.45) is 0 Å². The van der Waals surface area contributed by atoms with Crippen molar-refractivity contribution in [1.82, 2.24) is 0 Å². The number of para-hydroxylation sites is 2. The van der Waals surface area contributed by atoms with Crippen molar-refractivity contribution >= 4 is 50.6 Å². The molecule has 3 aromatic carbocycles. The van der Waals surface area contributed by atoms with Crippen molar-refractivity contribution in [2.75, 3.05) is 12.0 Å². The quantitative estimate of drug-likeness (QED) is 0.356. The summed E-state index contributed by atoms with van der Waals surface area (Å²) in [5.41, 5.74) is 1.68. The summed E-state index contributed by atoms with van der Waals surface area (Å²) in [6.45, 7) is 0.156. The molecular formula is C24H17BrFNO4S. The lowest BCUT2D eigenvalue weighted by molar-refractivity contribution is -0.113. The Balaban J connectivity index is 1.63. The number of thioether (sulfide) groups is 1. The Morgan fingerprint density at radius 2 is 1.84 bits per heavy atom. The predicted molar refractivity (Wildman–Crippen MR) is 126 cm³/mol. The van der Waals surface area contributed by atoms with Gasteiger partial charge in [0, 0.05) is 10.0 Å². The van der Waals surface area contributed by atoms with Crippen molar-refractivity contribution < 1.29 is 23.5 Å². The second-order valence-corrected chi connectivity index (χ2v) is 8.70. The van der Waals surface area contributed by atoms with E-state index in [9.17, 15) is 14.0 Å². The maximum atomic E-state index is 13.4. The highest BCUT2D eigenvalue weighted by atomic mass is 79.9. The van der Waals surface area contributed by atoms with Gasteiger partial charge in [-0.15, -0.1) is 0 Å². The summed E-state index contributed by atoms with van der Waals surface area (Å²) in [6, 6.07) is 18.3. The minimum atomic E-state index is -0.444. The van der Waals surface area contributed by atoms with Crippen LogP contribution in [0, 0.1) is 5.82 Å². The zero-order valence-electron chi connectivity index (χ0n) is 16.9. The first-order chi connectivity index (χ1) is 15.5. The van der Waals surface area contributed by atoms with Crippen molar-refractivity contribution in [3.63, 3.8) is 0 Å². The number of carbonyl (C=O) groups excluding carboxylic acids is 2. The van der Waals surface area contributed by atoms with Crippen LogP contribution in [-0.4, -0.2) is 18.3 Å². The van der Waals surface area contributed by atoms with Crippen molar-refractivity contribution in [2.45, 2.75) is 6.61 Å². The van der Waals surface area contributed by atoms with Crippen LogP contribution in [0.3, 0.4) is 0 Å². The third-order valence-corrected chi connectivity index (χ3v) is 6.02. The summed E-state index contributed by atoms with van der Waals surface area (Å²) in [7, 11) is 1.48. The summed E-state index contributed by atoms with van der Waals surface area (Å²) in [4.78, 5) is 27.1. The molecule has 4 rings (SSSR count). The maximum Gasteiger partial charge on any atom is 0.298 e. The SMILES string of the molecule is COc1ccccc1N1C(=O)S/C(=C\c2cc(Br)ccc2OCc2cccc(F)c2)C1=O. The summed E-state index contributed by atoms with van der Waals surface area (Å²) >= 11 is 4.27. The number of carbonyl (C=O) groups is 2. The number of anilines is 1. The molecule has 1 saturated heterocycles. The number of nitrogens with zero attached hydrogens (tertiary/aromatic N) is 1. The van der Waals surface area contributed by atoms with E-state index in [0.717, 1.165) is 21.1 Å². The van der Waals surface area contributed by atoms with Crippen LogP contribution in [0.1, 0.15) is 11.1 Å². The third kappa shape index (κ3) is 4.71. The summed E-state index contributed by atoms with van der Waals surface area (Å²) < 4.78 is 25.4. The summed E-state index contributed by atoms with van der Waals surface area (Å²) in [5.74, 6) is 0.145. The monoisotopic (exact) mass is 513 g/mol. The van der Waals surface area contributed by atoms with Gasteiger partial charge in [-0.25, -0.2) is 9.29 Å². The van der Waals surface area contributed by atoms with Crippen molar-refractivity contribution in [1.29, 1.82) is 0 Å². The lowest BCUT2D eigenvalue weighted by Gasteiger charge is -2.15. The van der Waals surface area contributed by atoms with E-state index in [0.29, 0.717) is 28.3 Å². The molecule has 0 radical (unpaired) electrons. The van der Waals surface area contributed by atoms with E-state index < -0.39 is 11.1 Å². The van der Waals surface area contributed by atoms with Crippen LogP contribution in [0.5, 0.6) is 11.5 Å². The molecule has 2 amide bonds. The second kappa shape index (κ2) is 9.58. The number of benzene rings is 3. The molecule has 0 aliphatic carbocycles. The third-order valence-electron chi connectivity index (χ3n) is 4.66. The number of amides is 2. The van der Waals surface area contributed by atoms with E-state index in [-0.39, 0.29) is 17.3 Å². The van der Waals surface area contributed by atoms with E-state index in [4.69, 9.17) is 9.47 Å². The molecule has 5 nitrogen and oxygen atoms in total. The second-order valence-electron chi connectivity index (χ2n) is 6.79. The minimum Gasteiger partial charge on any atom is -0.495 e. The first kappa shape index (κ1) is 22.1. The van der Waals surface area contributed by atoms with Crippen LogP contribution in [-0.2, 0) is 11.4 Å². The van der Waals surface area contributed by atoms with Crippen LogP contribution in [0.25, 0.3) is 6.08 Å². The van der Waals surface area contributed by atoms with Gasteiger partial charge in [-0.05, 0) is 65.9 Å². The van der Waals surface area contributed by atoms with Crippen LogP contribution < -0.4 is 14.4 Å². The average molecular weight is 514 g/mol. The van der Waals surface area contributed by atoms with E-state index in [1.165, 1.54) is 19.2 Å². The molecule has 0 aromatic heterocycles. The number of rotatable bonds is 6. The van der Waals surface area contributed by atoms with Gasteiger partial charge in [-0.3, -0.25) is 9.59 Å². The number of hydrogen-bond acceptors (Lipinski definition) is 5. The van der Waals surface area contributed by atoms with Gasteiger partial charge in [0.25, 0.3) is 11.1 Å². The Bertz CT molecular complexity index is 1230. The zero-order chi connectivity index (χ0) is 22.7. The molecule has 32 heavy (non-hydrogen) atoms. The van der Waals surface area contributed by atoms with Crippen molar-refractivity contribution in [3.05, 3.63) is 93.1 Å². The largest absolute Gasteiger partial charge is 0.495 e. The smallest absolute Gasteiger partial charge is 0.298 e. The summed E-state index contributed by atoms with van der Waals surface area (Å²) in [5, 5.41) is -0.414. The number of hydrogen-bond donors (Lipinski definition) is 0. The van der Waals surface area contributed by atoms with Gasteiger partial charge in [0.1, 0.15) is 23.9 Å². The zero-order valence-corrected chi connectivity index (χ0v) is 19.3. The summed E-state index contributed by atoms with van der Waals surface area (Å²) in [6.07, 6.45) is 1.62. The fourth-order valence-electron chi connectivity index (χ4n) is 3.18. The molecule has 1 heterocycles. The standard InChI is InChI=1S/C24H17BrFNO4S/c1-30-21-8-3-2-7-19(21)27-23(28)22(32-24(27)29)13-16-12-17(25)9-10-20(16)31-14-15-5-4-6-18(26)11-15/h2-13H,14H2,1H3/b22-13-. The lowest BCUT2D eigenvalue weighted by atomic mass is 10.1. The first-order valence-corrected chi connectivity index (χ1v) is 11.1. The predicted octanol–water partition coefficient (Wildman–Crippen LogP) is 6.42. The number of methoxy groups -OCH3 is 1. The van der Waals surface area contributed by atoms with Crippen LogP contribution >= 0.6 is 27.7 Å². The highest BCUT2D eigenvalue weighted by Crippen LogP contribution is 2.40. The van der Waals surface area contributed by atoms with Gasteiger partial charge in [0.15, 0.2) is 0 Å².